The number of hydrogen-bond donors (Lipinski definition) is 2. The second-order valence-corrected chi connectivity index (χ2v) is 5.33. The minimum atomic E-state index is -4.55. The number of anilines is 2. The van der Waals surface area contributed by atoms with Crippen LogP contribution in [0.3, 0.4) is 0 Å². The number of urea groups is 1. The molecular formula is C15H12F4N4O2. The van der Waals surface area contributed by atoms with Crippen molar-refractivity contribution in [2.45, 2.75) is 12.7 Å². The van der Waals surface area contributed by atoms with Gasteiger partial charge in [-0.1, -0.05) is 0 Å². The Kier molecular flexibility index (Phi) is 4.11. The summed E-state index contributed by atoms with van der Waals surface area (Å²) in [6, 6.07) is 4.22. The van der Waals surface area contributed by atoms with Gasteiger partial charge in [-0.15, -0.1) is 0 Å². The van der Waals surface area contributed by atoms with Crippen LogP contribution in [0.1, 0.15) is 5.56 Å². The van der Waals surface area contributed by atoms with E-state index in [1.54, 1.807) is 0 Å². The van der Waals surface area contributed by atoms with Gasteiger partial charge in [-0.25, -0.2) is 14.2 Å². The summed E-state index contributed by atoms with van der Waals surface area (Å²) in [5.74, 6) is -0.725. The van der Waals surface area contributed by atoms with E-state index in [0.717, 1.165) is 6.07 Å². The van der Waals surface area contributed by atoms with E-state index in [4.69, 9.17) is 10.5 Å². The zero-order chi connectivity index (χ0) is 18.2. The van der Waals surface area contributed by atoms with E-state index in [1.807, 2.05) is 0 Å². The fourth-order valence-corrected chi connectivity index (χ4v) is 2.34. The Morgan fingerprint density at radius 2 is 2.04 bits per heavy atom. The van der Waals surface area contributed by atoms with Crippen LogP contribution >= 0.6 is 0 Å². The molecule has 25 heavy (non-hydrogen) atoms. The number of hydrogen-bond acceptors (Lipinski definition) is 4. The zero-order valence-corrected chi connectivity index (χ0v) is 12.6. The number of alkyl halides is 3. The standard InChI is InChI=1S/C15H12F4N4O2/c16-10-5-8(20)1-2-12(10)25-11-3-4-21-13-9(11)6-23(14(24)22-13)7-15(17,18)19/h1-5H,6-7,20H2,(H,21,22,24). The fourth-order valence-electron chi connectivity index (χ4n) is 2.34. The lowest BCUT2D eigenvalue weighted by Crippen LogP contribution is -2.44. The molecule has 2 aromatic rings. The molecule has 0 spiro atoms. The van der Waals surface area contributed by atoms with Crippen molar-refractivity contribution in [3.05, 3.63) is 41.8 Å². The first-order valence-electron chi connectivity index (χ1n) is 7.06. The molecule has 3 rings (SSSR count). The molecule has 1 aromatic carbocycles. The van der Waals surface area contributed by atoms with Gasteiger partial charge < -0.3 is 15.4 Å². The van der Waals surface area contributed by atoms with Gasteiger partial charge in [0.2, 0.25) is 0 Å². The molecule has 1 aromatic heterocycles. The first-order chi connectivity index (χ1) is 11.7. The summed E-state index contributed by atoms with van der Waals surface area (Å²) in [4.78, 5) is 16.2. The normalized spacial score (nSPS) is 14.1. The van der Waals surface area contributed by atoms with E-state index in [-0.39, 0.29) is 35.1 Å². The lowest BCUT2D eigenvalue weighted by molar-refractivity contribution is -0.140. The molecule has 0 atom stereocenters. The van der Waals surface area contributed by atoms with Crippen LogP contribution in [0.15, 0.2) is 30.5 Å². The highest BCUT2D eigenvalue weighted by Gasteiger charge is 2.36. The van der Waals surface area contributed by atoms with E-state index in [0.29, 0.717) is 4.90 Å². The molecule has 0 aliphatic carbocycles. The summed E-state index contributed by atoms with van der Waals surface area (Å²) >= 11 is 0. The number of amides is 2. The number of nitrogens with one attached hydrogen (secondary N) is 1. The van der Waals surface area contributed by atoms with E-state index < -0.39 is 24.6 Å². The van der Waals surface area contributed by atoms with E-state index >= 15 is 0 Å². The Labute approximate surface area is 139 Å². The molecule has 2 amide bonds. The van der Waals surface area contributed by atoms with Crippen molar-refractivity contribution in [3.63, 3.8) is 0 Å². The van der Waals surface area contributed by atoms with Crippen molar-refractivity contribution in [1.29, 1.82) is 0 Å². The monoisotopic (exact) mass is 356 g/mol. The molecule has 3 N–H and O–H groups in total. The van der Waals surface area contributed by atoms with Gasteiger partial charge >= 0.3 is 12.2 Å². The van der Waals surface area contributed by atoms with Crippen LogP contribution in [0, 0.1) is 5.82 Å². The summed E-state index contributed by atoms with van der Waals surface area (Å²) in [5.41, 5.74) is 5.87. The molecule has 2 heterocycles. The molecule has 0 saturated heterocycles. The van der Waals surface area contributed by atoms with Gasteiger partial charge in [0, 0.05) is 18.0 Å². The molecule has 132 valence electrons. The van der Waals surface area contributed by atoms with Crippen LogP contribution in [0.5, 0.6) is 11.5 Å². The van der Waals surface area contributed by atoms with Gasteiger partial charge in [-0.3, -0.25) is 5.32 Å². The number of pyridine rings is 1. The van der Waals surface area contributed by atoms with Gasteiger partial charge in [0.15, 0.2) is 11.6 Å². The van der Waals surface area contributed by atoms with E-state index in [9.17, 15) is 22.4 Å². The molecule has 0 fully saturated rings. The number of aromatic nitrogens is 1. The Hall–Kier alpha value is -3.04. The number of carbonyl (C=O) groups is 1. The number of nitrogen functional groups attached to an aromatic ring is 1. The summed E-state index contributed by atoms with van der Waals surface area (Å²) in [5, 5.41) is 2.26. The maximum absolute atomic E-state index is 13.9. The Morgan fingerprint density at radius 1 is 1.28 bits per heavy atom. The Balaban J connectivity index is 1.91. The Morgan fingerprint density at radius 3 is 2.72 bits per heavy atom. The largest absolute Gasteiger partial charge is 0.454 e. The summed E-state index contributed by atoms with van der Waals surface area (Å²) < 4.78 is 57.1. The summed E-state index contributed by atoms with van der Waals surface area (Å²) in [6.45, 7) is -1.80. The van der Waals surface area contributed by atoms with Crippen molar-refractivity contribution in [3.8, 4) is 11.5 Å². The fraction of sp³-hybridized carbons (Fsp3) is 0.200. The SMILES string of the molecule is Nc1ccc(Oc2ccnc3c2CN(CC(F)(F)F)C(=O)N3)c(F)c1. The number of nitrogens with zero attached hydrogens (tertiary/aromatic N) is 2. The maximum atomic E-state index is 13.9. The summed E-state index contributed by atoms with van der Waals surface area (Å²) in [7, 11) is 0. The van der Waals surface area contributed by atoms with Crippen molar-refractivity contribution in [2.24, 2.45) is 0 Å². The summed E-state index contributed by atoms with van der Waals surface area (Å²) in [6.07, 6.45) is -3.26. The highest BCUT2D eigenvalue weighted by atomic mass is 19.4. The minimum Gasteiger partial charge on any atom is -0.454 e. The highest BCUT2D eigenvalue weighted by Crippen LogP contribution is 2.35. The molecule has 1 aliphatic heterocycles. The van der Waals surface area contributed by atoms with Gasteiger partial charge in [0.1, 0.15) is 18.1 Å². The van der Waals surface area contributed by atoms with E-state index in [2.05, 4.69) is 10.3 Å². The molecule has 1 aliphatic rings. The van der Waals surface area contributed by atoms with Crippen molar-refractivity contribution >= 4 is 17.5 Å². The predicted octanol–water partition coefficient (Wildman–Crippen LogP) is 3.51. The van der Waals surface area contributed by atoms with Crippen LogP contribution in [0.4, 0.5) is 33.9 Å². The number of halogens is 4. The third-order valence-electron chi connectivity index (χ3n) is 3.42. The number of fused-ring (bicyclic) bond motifs is 1. The average molecular weight is 356 g/mol. The molecule has 6 nitrogen and oxygen atoms in total. The smallest absolute Gasteiger partial charge is 0.406 e. The topological polar surface area (TPSA) is 80.5 Å². The highest BCUT2D eigenvalue weighted by molar-refractivity contribution is 5.91. The van der Waals surface area contributed by atoms with Gasteiger partial charge in [0.25, 0.3) is 0 Å². The van der Waals surface area contributed by atoms with Gasteiger partial charge in [0.05, 0.1) is 12.1 Å². The zero-order valence-electron chi connectivity index (χ0n) is 12.6. The lowest BCUT2D eigenvalue weighted by atomic mass is 10.2. The third-order valence-corrected chi connectivity index (χ3v) is 3.42. The molecular weight excluding hydrogens is 344 g/mol. The second kappa shape index (κ2) is 6.11. The van der Waals surface area contributed by atoms with E-state index in [1.165, 1.54) is 24.4 Å². The van der Waals surface area contributed by atoms with Gasteiger partial charge in [-0.05, 0) is 18.2 Å². The lowest BCUT2D eigenvalue weighted by Gasteiger charge is -2.30. The number of nitrogens with two attached hydrogens (primary N) is 1. The van der Waals surface area contributed by atoms with Crippen LogP contribution in [0.25, 0.3) is 0 Å². The first-order valence-corrected chi connectivity index (χ1v) is 7.06. The van der Waals surface area contributed by atoms with Crippen LogP contribution < -0.4 is 15.8 Å². The van der Waals surface area contributed by atoms with Crippen molar-refractivity contribution in [1.82, 2.24) is 9.88 Å². The molecule has 0 radical (unpaired) electrons. The second-order valence-electron chi connectivity index (χ2n) is 5.33. The first kappa shape index (κ1) is 16.8. The molecule has 0 saturated carbocycles. The quantitative estimate of drug-likeness (QED) is 0.652. The molecule has 0 unspecified atom stereocenters. The average Bonchev–Trinajstić information content (AvgIpc) is 2.50. The number of ether oxygens (including phenoxy) is 1. The molecule has 10 heteroatoms. The molecule has 0 bridgehead atoms. The Bertz CT molecular complexity index is 826. The minimum absolute atomic E-state index is 0.0665. The van der Waals surface area contributed by atoms with Crippen molar-refractivity contribution in [2.75, 3.05) is 17.6 Å². The van der Waals surface area contributed by atoms with Crippen LogP contribution in [0.2, 0.25) is 0 Å². The number of rotatable bonds is 3. The third kappa shape index (κ3) is 3.73. The van der Waals surface area contributed by atoms with Crippen LogP contribution in [-0.4, -0.2) is 28.6 Å². The van der Waals surface area contributed by atoms with Crippen molar-refractivity contribution < 1.29 is 27.1 Å². The van der Waals surface area contributed by atoms with Gasteiger partial charge in [-0.2, -0.15) is 13.2 Å². The number of benzene rings is 1. The number of carbonyl (C=O) groups excluding carboxylic acids is 1. The predicted molar refractivity (Wildman–Crippen MR) is 80.6 cm³/mol. The van der Waals surface area contributed by atoms with Crippen LogP contribution in [-0.2, 0) is 6.54 Å². The maximum Gasteiger partial charge on any atom is 0.406 e.